The van der Waals surface area contributed by atoms with Crippen molar-refractivity contribution in [2.75, 3.05) is 25.1 Å². The number of hydrogen-bond donors (Lipinski definition) is 1. The van der Waals surface area contributed by atoms with Gasteiger partial charge in [-0.05, 0) is 30.0 Å². The van der Waals surface area contributed by atoms with Gasteiger partial charge in [0, 0.05) is 5.69 Å². The van der Waals surface area contributed by atoms with Crippen LogP contribution in [0.15, 0.2) is 36.3 Å². The van der Waals surface area contributed by atoms with Crippen molar-refractivity contribution in [3.8, 4) is 0 Å². The molecule has 0 saturated heterocycles. The van der Waals surface area contributed by atoms with Crippen LogP contribution in [0.1, 0.15) is 31.7 Å². The molecule has 1 N–H and O–H groups in total. The quantitative estimate of drug-likeness (QED) is 0.816. The lowest BCUT2D eigenvalue weighted by atomic mass is 9.99. The highest BCUT2D eigenvalue weighted by Gasteiger charge is 2.18. The zero-order valence-corrected chi connectivity index (χ0v) is 13.3. The minimum absolute atomic E-state index is 0.0260. The second kappa shape index (κ2) is 8.22. The predicted molar refractivity (Wildman–Crippen MR) is 84.7 cm³/mol. The van der Waals surface area contributed by atoms with Gasteiger partial charge in [0.05, 0.1) is 0 Å². The van der Waals surface area contributed by atoms with E-state index in [0.29, 0.717) is 18.2 Å². The zero-order valence-electron chi connectivity index (χ0n) is 13.3. The van der Waals surface area contributed by atoms with Gasteiger partial charge in [-0.25, -0.2) is 4.79 Å². The maximum Gasteiger partial charge on any atom is 0.377 e. The van der Waals surface area contributed by atoms with E-state index in [9.17, 15) is 9.59 Å². The highest BCUT2D eigenvalue weighted by molar-refractivity contribution is 5.94. The Kier molecular flexibility index (Phi) is 6.02. The molecule has 0 aromatic heterocycles. The second-order valence-electron chi connectivity index (χ2n) is 5.26. The van der Waals surface area contributed by atoms with Crippen molar-refractivity contribution in [1.82, 2.24) is 0 Å². The summed E-state index contributed by atoms with van der Waals surface area (Å²) < 4.78 is 14.9. The SMILES string of the molecule is CC[C@H](C)c1ccc(NC(=O)COC(=O)C2=COCCO2)cc1. The van der Waals surface area contributed by atoms with Crippen molar-refractivity contribution in [2.45, 2.75) is 26.2 Å². The summed E-state index contributed by atoms with van der Waals surface area (Å²) >= 11 is 0. The molecule has 124 valence electrons. The van der Waals surface area contributed by atoms with Crippen LogP contribution in [0, 0.1) is 0 Å². The Labute approximate surface area is 135 Å². The van der Waals surface area contributed by atoms with E-state index in [1.165, 1.54) is 11.8 Å². The molecule has 1 atom stereocenters. The summed E-state index contributed by atoms with van der Waals surface area (Å²) in [5.74, 6) is -0.674. The normalized spacial score (nSPS) is 14.8. The van der Waals surface area contributed by atoms with Crippen molar-refractivity contribution in [1.29, 1.82) is 0 Å². The van der Waals surface area contributed by atoms with Crippen LogP contribution in [0.3, 0.4) is 0 Å². The Bertz CT molecular complexity index is 579. The van der Waals surface area contributed by atoms with Gasteiger partial charge in [-0.2, -0.15) is 0 Å². The third-order valence-electron chi connectivity index (χ3n) is 3.56. The number of anilines is 1. The average Bonchev–Trinajstić information content (AvgIpc) is 2.60. The number of nitrogens with one attached hydrogen (secondary N) is 1. The van der Waals surface area contributed by atoms with Gasteiger partial charge in [-0.15, -0.1) is 0 Å². The lowest BCUT2D eigenvalue weighted by Gasteiger charge is -2.14. The molecule has 6 heteroatoms. The molecule has 0 spiro atoms. The Morgan fingerprint density at radius 2 is 2.00 bits per heavy atom. The first-order valence-electron chi connectivity index (χ1n) is 7.61. The molecule has 0 radical (unpaired) electrons. The van der Waals surface area contributed by atoms with Gasteiger partial charge in [-0.1, -0.05) is 26.0 Å². The maximum atomic E-state index is 11.8. The van der Waals surface area contributed by atoms with Crippen LogP contribution in [0.5, 0.6) is 0 Å². The largest absolute Gasteiger partial charge is 0.493 e. The number of ether oxygens (including phenoxy) is 3. The molecule has 1 aliphatic heterocycles. The van der Waals surface area contributed by atoms with E-state index in [4.69, 9.17) is 14.2 Å². The topological polar surface area (TPSA) is 73.9 Å². The monoisotopic (exact) mass is 319 g/mol. The highest BCUT2D eigenvalue weighted by atomic mass is 16.6. The Balaban J connectivity index is 1.80. The van der Waals surface area contributed by atoms with E-state index in [2.05, 4.69) is 19.2 Å². The molecular weight excluding hydrogens is 298 g/mol. The number of carbonyl (C=O) groups excluding carboxylic acids is 2. The van der Waals surface area contributed by atoms with E-state index in [-0.39, 0.29) is 19.0 Å². The Morgan fingerprint density at radius 1 is 1.26 bits per heavy atom. The summed E-state index contributed by atoms with van der Waals surface area (Å²) in [5.41, 5.74) is 1.88. The fraction of sp³-hybridized carbons (Fsp3) is 0.412. The fourth-order valence-electron chi connectivity index (χ4n) is 2.01. The van der Waals surface area contributed by atoms with Crippen molar-refractivity contribution >= 4 is 17.6 Å². The predicted octanol–water partition coefficient (Wildman–Crippen LogP) is 2.57. The summed E-state index contributed by atoms with van der Waals surface area (Å²) in [6.07, 6.45) is 2.25. The molecule has 0 saturated carbocycles. The molecule has 0 aliphatic carbocycles. The van der Waals surface area contributed by atoms with Crippen LogP contribution in [-0.4, -0.2) is 31.7 Å². The van der Waals surface area contributed by atoms with Gasteiger partial charge in [-0.3, -0.25) is 4.79 Å². The smallest absolute Gasteiger partial charge is 0.377 e. The zero-order chi connectivity index (χ0) is 16.7. The van der Waals surface area contributed by atoms with Crippen LogP contribution in [0.4, 0.5) is 5.69 Å². The van der Waals surface area contributed by atoms with Gasteiger partial charge in [0.1, 0.15) is 19.5 Å². The standard InChI is InChI=1S/C17H21NO5/c1-3-12(2)13-4-6-14(7-5-13)18-16(19)11-23-17(20)15-10-21-8-9-22-15/h4-7,10,12H,3,8-9,11H2,1-2H3,(H,18,19)/t12-/m0/s1. The van der Waals surface area contributed by atoms with E-state index in [0.717, 1.165) is 6.42 Å². The first kappa shape index (κ1) is 16.9. The number of carbonyl (C=O) groups is 2. The summed E-state index contributed by atoms with van der Waals surface area (Å²) in [6, 6.07) is 7.63. The van der Waals surface area contributed by atoms with Crippen molar-refractivity contribution in [2.24, 2.45) is 0 Å². The van der Waals surface area contributed by atoms with Crippen LogP contribution < -0.4 is 5.32 Å². The molecule has 1 amide bonds. The van der Waals surface area contributed by atoms with Crippen LogP contribution >= 0.6 is 0 Å². The van der Waals surface area contributed by atoms with E-state index in [1.807, 2.05) is 24.3 Å². The minimum atomic E-state index is -0.716. The second-order valence-corrected chi connectivity index (χ2v) is 5.26. The molecular formula is C17H21NO5. The van der Waals surface area contributed by atoms with Gasteiger partial charge < -0.3 is 19.5 Å². The Hall–Kier alpha value is -2.50. The molecule has 1 aromatic rings. The average molecular weight is 319 g/mol. The molecule has 1 heterocycles. The lowest BCUT2D eigenvalue weighted by molar-refractivity contribution is -0.148. The number of benzene rings is 1. The minimum Gasteiger partial charge on any atom is -0.493 e. The van der Waals surface area contributed by atoms with E-state index in [1.54, 1.807) is 0 Å². The maximum absolute atomic E-state index is 11.8. The first-order chi connectivity index (χ1) is 11.1. The molecule has 23 heavy (non-hydrogen) atoms. The third kappa shape index (κ3) is 5.02. The van der Waals surface area contributed by atoms with E-state index >= 15 is 0 Å². The summed E-state index contributed by atoms with van der Waals surface area (Å²) in [5, 5.41) is 2.68. The van der Waals surface area contributed by atoms with Gasteiger partial charge in [0.15, 0.2) is 6.61 Å². The van der Waals surface area contributed by atoms with Crippen LogP contribution in [-0.2, 0) is 23.8 Å². The molecule has 1 aromatic carbocycles. The number of amides is 1. The molecule has 6 nitrogen and oxygen atoms in total. The number of hydrogen-bond acceptors (Lipinski definition) is 5. The summed E-state index contributed by atoms with van der Waals surface area (Å²) in [6.45, 7) is 4.58. The molecule has 0 fully saturated rings. The third-order valence-corrected chi connectivity index (χ3v) is 3.56. The molecule has 0 unspecified atom stereocenters. The number of esters is 1. The first-order valence-corrected chi connectivity index (χ1v) is 7.61. The van der Waals surface area contributed by atoms with Crippen LogP contribution in [0.2, 0.25) is 0 Å². The van der Waals surface area contributed by atoms with Crippen molar-refractivity contribution < 1.29 is 23.8 Å². The molecule has 1 aliphatic rings. The highest BCUT2D eigenvalue weighted by Crippen LogP contribution is 2.20. The molecule has 0 bridgehead atoms. The summed E-state index contributed by atoms with van der Waals surface area (Å²) in [4.78, 5) is 23.4. The number of rotatable bonds is 6. The lowest BCUT2D eigenvalue weighted by Crippen LogP contribution is -2.23. The van der Waals surface area contributed by atoms with E-state index < -0.39 is 11.9 Å². The van der Waals surface area contributed by atoms with Crippen molar-refractivity contribution in [3.05, 3.63) is 41.9 Å². The van der Waals surface area contributed by atoms with Gasteiger partial charge >= 0.3 is 5.97 Å². The summed E-state index contributed by atoms with van der Waals surface area (Å²) in [7, 11) is 0. The van der Waals surface area contributed by atoms with Crippen molar-refractivity contribution in [3.63, 3.8) is 0 Å². The van der Waals surface area contributed by atoms with Crippen LogP contribution in [0.25, 0.3) is 0 Å². The molecule has 2 rings (SSSR count). The Morgan fingerprint density at radius 3 is 2.61 bits per heavy atom. The fourth-order valence-corrected chi connectivity index (χ4v) is 2.01. The van der Waals surface area contributed by atoms with Gasteiger partial charge in [0.2, 0.25) is 5.76 Å². The van der Waals surface area contributed by atoms with Gasteiger partial charge in [0.25, 0.3) is 5.91 Å².